The van der Waals surface area contributed by atoms with Gasteiger partial charge in [0.15, 0.2) is 5.96 Å². The minimum absolute atomic E-state index is 0. The van der Waals surface area contributed by atoms with Crippen LogP contribution in [0.25, 0.3) is 0 Å². The van der Waals surface area contributed by atoms with Crippen molar-refractivity contribution < 1.29 is 9.18 Å². The summed E-state index contributed by atoms with van der Waals surface area (Å²) in [5.41, 5.74) is 3.44. The zero-order valence-corrected chi connectivity index (χ0v) is 19.7. The molecule has 2 aromatic rings. The molecule has 5 nitrogen and oxygen atoms in total. The molecule has 1 unspecified atom stereocenters. The van der Waals surface area contributed by atoms with Gasteiger partial charge in [0, 0.05) is 25.7 Å². The Kier molecular flexibility index (Phi) is 10.6. The molecule has 29 heavy (non-hydrogen) atoms. The first kappa shape index (κ1) is 24.9. The molecule has 158 valence electrons. The number of rotatable bonds is 7. The minimum atomic E-state index is -0.198. The van der Waals surface area contributed by atoms with Crippen molar-refractivity contribution in [3.8, 4) is 0 Å². The number of carbonyl (C=O) groups excluding carboxylic acids is 1. The van der Waals surface area contributed by atoms with Gasteiger partial charge in [-0.25, -0.2) is 4.39 Å². The zero-order valence-electron chi connectivity index (χ0n) is 17.4. The van der Waals surface area contributed by atoms with Gasteiger partial charge in [-0.2, -0.15) is 0 Å². The number of nitrogens with one attached hydrogen (secondary N) is 3. The van der Waals surface area contributed by atoms with Crippen LogP contribution in [0.2, 0.25) is 0 Å². The Labute approximate surface area is 189 Å². The van der Waals surface area contributed by atoms with Crippen molar-refractivity contribution in [2.45, 2.75) is 40.2 Å². The van der Waals surface area contributed by atoms with E-state index in [0.29, 0.717) is 18.1 Å². The molecule has 1 atom stereocenters. The Morgan fingerprint density at radius 2 is 1.86 bits per heavy atom. The highest BCUT2D eigenvalue weighted by Gasteiger charge is 2.09. The molecule has 0 aliphatic rings. The Morgan fingerprint density at radius 3 is 2.45 bits per heavy atom. The predicted molar refractivity (Wildman–Crippen MR) is 129 cm³/mol. The second kappa shape index (κ2) is 12.4. The summed E-state index contributed by atoms with van der Waals surface area (Å²) in [7, 11) is 0. The van der Waals surface area contributed by atoms with Gasteiger partial charge < -0.3 is 16.0 Å². The topological polar surface area (TPSA) is 65.5 Å². The highest BCUT2D eigenvalue weighted by molar-refractivity contribution is 14.0. The summed E-state index contributed by atoms with van der Waals surface area (Å²) >= 11 is 0. The van der Waals surface area contributed by atoms with Crippen LogP contribution in [-0.4, -0.2) is 25.0 Å². The maximum Gasteiger partial charge on any atom is 0.221 e. The standard InChI is InChI=1S/C22H29FN4O.HI/c1-5-24-22(26-16(3)19-9-6-15(2)21(23)14-19)25-13-12-18-7-10-20(11-8-18)27-17(4)28;/h6-11,14,16H,5,12-13H2,1-4H3,(H,27,28)(H2,24,25,26);1H. The number of guanidine groups is 1. The van der Waals surface area contributed by atoms with Gasteiger partial charge in [-0.15, -0.1) is 24.0 Å². The first-order chi connectivity index (χ1) is 13.4. The number of hydrogen-bond acceptors (Lipinski definition) is 2. The van der Waals surface area contributed by atoms with E-state index in [-0.39, 0.29) is 41.7 Å². The number of anilines is 1. The molecule has 0 saturated heterocycles. The molecular formula is C22H30FIN4O. The molecule has 0 heterocycles. The minimum Gasteiger partial charge on any atom is -0.357 e. The van der Waals surface area contributed by atoms with Crippen LogP contribution in [0, 0.1) is 12.7 Å². The lowest BCUT2D eigenvalue weighted by Gasteiger charge is -2.18. The van der Waals surface area contributed by atoms with Crippen molar-refractivity contribution in [1.29, 1.82) is 0 Å². The lowest BCUT2D eigenvalue weighted by molar-refractivity contribution is -0.114. The Balaban J connectivity index is 0.00000420. The normalized spacial score (nSPS) is 12.0. The summed E-state index contributed by atoms with van der Waals surface area (Å²) < 4.78 is 13.8. The predicted octanol–water partition coefficient (Wildman–Crippen LogP) is 4.57. The summed E-state index contributed by atoms with van der Waals surface area (Å²) in [6.07, 6.45) is 0.782. The lowest BCUT2D eigenvalue weighted by atomic mass is 10.1. The van der Waals surface area contributed by atoms with Crippen LogP contribution >= 0.6 is 24.0 Å². The number of halogens is 2. The molecule has 7 heteroatoms. The SMILES string of the molecule is CCNC(=NCCc1ccc(NC(C)=O)cc1)NC(C)c1ccc(C)c(F)c1.I. The smallest absolute Gasteiger partial charge is 0.221 e. The van der Waals surface area contributed by atoms with E-state index in [1.165, 1.54) is 6.92 Å². The van der Waals surface area contributed by atoms with Gasteiger partial charge in [-0.05, 0) is 62.1 Å². The highest BCUT2D eigenvalue weighted by Crippen LogP contribution is 2.16. The molecule has 0 saturated carbocycles. The van der Waals surface area contributed by atoms with E-state index in [2.05, 4.69) is 20.9 Å². The van der Waals surface area contributed by atoms with Crippen molar-refractivity contribution >= 4 is 41.5 Å². The number of carbonyl (C=O) groups is 1. The quantitative estimate of drug-likeness (QED) is 0.290. The van der Waals surface area contributed by atoms with Gasteiger partial charge in [0.2, 0.25) is 5.91 Å². The Morgan fingerprint density at radius 1 is 1.17 bits per heavy atom. The van der Waals surface area contributed by atoms with E-state index < -0.39 is 0 Å². The van der Waals surface area contributed by atoms with Crippen LogP contribution in [-0.2, 0) is 11.2 Å². The summed E-state index contributed by atoms with van der Waals surface area (Å²) in [6, 6.07) is 13.0. The third kappa shape index (κ3) is 8.39. The number of aryl methyl sites for hydroxylation is 1. The molecule has 0 aliphatic carbocycles. The number of hydrogen-bond donors (Lipinski definition) is 3. The first-order valence-electron chi connectivity index (χ1n) is 9.56. The fourth-order valence-electron chi connectivity index (χ4n) is 2.74. The Bertz CT molecular complexity index is 824. The van der Waals surface area contributed by atoms with Crippen molar-refractivity contribution in [2.75, 3.05) is 18.4 Å². The van der Waals surface area contributed by atoms with Crippen molar-refractivity contribution in [3.05, 3.63) is 65.0 Å². The van der Waals surface area contributed by atoms with Crippen LogP contribution in [0.3, 0.4) is 0 Å². The summed E-state index contributed by atoms with van der Waals surface area (Å²) in [4.78, 5) is 15.7. The molecule has 0 bridgehead atoms. The molecule has 0 radical (unpaired) electrons. The molecule has 2 aromatic carbocycles. The van der Waals surface area contributed by atoms with Crippen molar-refractivity contribution in [3.63, 3.8) is 0 Å². The van der Waals surface area contributed by atoms with Crippen molar-refractivity contribution in [1.82, 2.24) is 10.6 Å². The van der Waals surface area contributed by atoms with Gasteiger partial charge >= 0.3 is 0 Å². The highest BCUT2D eigenvalue weighted by atomic mass is 127. The van der Waals surface area contributed by atoms with Crippen LogP contribution in [0.5, 0.6) is 0 Å². The largest absolute Gasteiger partial charge is 0.357 e. The number of amides is 1. The molecule has 3 N–H and O–H groups in total. The maximum atomic E-state index is 13.8. The first-order valence-corrected chi connectivity index (χ1v) is 9.56. The van der Waals surface area contributed by atoms with E-state index in [1.54, 1.807) is 19.1 Å². The van der Waals surface area contributed by atoms with Gasteiger partial charge in [0.1, 0.15) is 5.82 Å². The number of aliphatic imine (C=N–C) groups is 1. The van der Waals surface area contributed by atoms with E-state index in [4.69, 9.17) is 0 Å². The van der Waals surface area contributed by atoms with Gasteiger partial charge in [-0.3, -0.25) is 9.79 Å². The summed E-state index contributed by atoms with van der Waals surface area (Å²) in [6.45, 7) is 8.59. The van der Waals surface area contributed by atoms with E-state index in [1.807, 2.05) is 44.2 Å². The van der Waals surface area contributed by atoms with E-state index in [9.17, 15) is 9.18 Å². The molecule has 0 aliphatic heterocycles. The van der Waals surface area contributed by atoms with Gasteiger partial charge in [0.25, 0.3) is 0 Å². The van der Waals surface area contributed by atoms with Crippen LogP contribution in [0.4, 0.5) is 10.1 Å². The summed E-state index contributed by atoms with van der Waals surface area (Å²) in [5.74, 6) is 0.419. The molecule has 0 spiro atoms. The van der Waals surface area contributed by atoms with Gasteiger partial charge in [0.05, 0.1) is 6.04 Å². The second-order valence-corrected chi connectivity index (χ2v) is 6.76. The molecule has 2 rings (SSSR count). The van der Waals surface area contributed by atoms with Crippen molar-refractivity contribution in [2.24, 2.45) is 4.99 Å². The van der Waals surface area contributed by atoms with Crippen LogP contribution < -0.4 is 16.0 Å². The fraction of sp³-hybridized carbons (Fsp3) is 0.364. The zero-order chi connectivity index (χ0) is 20.5. The van der Waals surface area contributed by atoms with E-state index in [0.717, 1.165) is 29.8 Å². The number of benzene rings is 2. The average molecular weight is 512 g/mol. The Hall–Kier alpha value is -2.16. The molecule has 0 aromatic heterocycles. The third-order valence-corrected chi connectivity index (χ3v) is 4.34. The molecular weight excluding hydrogens is 482 g/mol. The third-order valence-electron chi connectivity index (χ3n) is 4.34. The monoisotopic (exact) mass is 512 g/mol. The average Bonchev–Trinajstić information content (AvgIpc) is 2.65. The molecule has 0 fully saturated rings. The molecule has 1 amide bonds. The summed E-state index contributed by atoms with van der Waals surface area (Å²) in [5, 5.41) is 9.30. The van der Waals surface area contributed by atoms with Gasteiger partial charge in [-0.1, -0.05) is 24.3 Å². The maximum absolute atomic E-state index is 13.8. The van der Waals surface area contributed by atoms with E-state index >= 15 is 0 Å². The van der Waals surface area contributed by atoms with Crippen LogP contribution in [0.15, 0.2) is 47.5 Å². The van der Waals surface area contributed by atoms with Crippen LogP contribution in [0.1, 0.15) is 43.5 Å². The lowest BCUT2D eigenvalue weighted by Crippen LogP contribution is -2.38. The number of nitrogens with zero attached hydrogens (tertiary/aromatic N) is 1. The second-order valence-electron chi connectivity index (χ2n) is 6.76. The fourth-order valence-corrected chi connectivity index (χ4v) is 2.74.